The Bertz CT molecular complexity index is 883. The lowest BCUT2D eigenvalue weighted by Gasteiger charge is -2.27. The Morgan fingerprint density at radius 1 is 1.03 bits per heavy atom. The van der Waals surface area contributed by atoms with Gasteiger partial charge in [0.2, 0.25) is 11.5 Å². The van der Waals surface area contributed by atoms with Crippen LogP contribution in [0.4, 0.5) is 32.0 Å². The molecule has 13 heteroatoms. The van der Waals surface area contributed by atoms with Crippen molar-refractivity contribution in [1.82, 2.24) is 15.2 Å². The van der Waals surface area contributed by atoms with Gasteiger partial charge in [-0.2, -0.15) is 26.3 Å². The first-order chi connectivity index (χ1) is 13.4. The van der Waals surface area contributed by atoms with Crippen molar-refractivity contribution in [1.29, 1.82) is 0 Å². The van der Waals surface area contributed by atoms with Crippen LogP contribution in [0.2, 0.25) is 0 Å². The van der Waals surface area contributed by atoms with Crippen LogP contribution in [0.3, 0.4) is 0 Å². The number of ether oxygens (including phenoxy) is 1. The summed E-state index contributed by atoms with van der Waals surface area (Å²) < 4.78 is 90.3. The van der Waals surface area contributed by atoms with Crippen LogP contribution in [0.25, 0.3) is 11.6 Å². The Labute approximate surface area is 159 Å². The Balaban J connectivity index is 2.14. The Morgan fingerprint density at radius 2 is 1.72 bits per heavy atom. The maximum absolute atomic E-state index is 13.5. The number of halogens is 6. The van der Waals surface area contributed by atoms with Gasteiger partial charge >= 0.3 is 12.4 Å². The molecule has 7 nitrogen and oxygen atoms in total. The number of aliphatic hydroxyl groups is 1. The molecule has 0 fully saturated rings. The lowest BCUT2D eigenvalue weighted by Crippen LogP contribution is -2.42. The fourth-order valence-electron chi connectivity index (χ4n) is 2.86. The molecule has 4 bridgehead atoms. The first-order valence-corrected chi connectivity index (χ1v) is 8.57. The van der Waals surface area contributed by atoms with E-state index in [-0.39, 0.29) is 25.9 Å². The van der Waals surface area contributed by atoms with Crippen molar-refractivity contribution < 1.29 is 40.6 Å². The molecule has 0 aliphatic carbocycles. The number of alkyl halides is 6. The van der Waals surface area contributed by atoms with Crippen molar-refractivity contribution in [2.75, 3.05) is 12.3 Å². The average Bonchev–Trinajstić information content (AvgIpc) is 3.09. The minimum absolute atomic E-state index is 0.0345. The molecule has 0 radical (unpaired) electrons. The lowest BCUT2D eigenvalue weighted by molar-refractivity contribution is -0.277. The van der Waals surface area contributed by atoms with E-state index in [1.165, 1.54) is 0 Å². The summed E-state index contributed by atoms with van der Waals surface area (Å²) in [5.74, 6) is -2.61. The highest BCUT2D eigenvalue weighted by molar-refractivity contribution is 5.68. The highest BCUT2D eigenvalue weighted by Crippen LogP contribution is 2.44. The molecule has 3 heterocycles. The van der Waals surface area contributed by atoms with Crippen molar-refractivity contribution >= 4 is 5.69 Å². The molecule has 3 N–H and O–H groups in total. The second-order valence-corrected chi connectivity index (χ2v) is 6.56. The summed E-state index contributed by atoms with van der Waals surface area (Å²) in [5.41, 5.74) is -0.0796. The van der Waals surface area contributed by atoms with Crippen molar-refractivity contribution in [3.8, 4) is 17.5 Å². The van der Waals surface area contributed by atoms with Gasteiger partial charge in [-0.1, -0.05) is 12.8 Å². The Kier molecular flexibility index (Phi) is 5.36. The molecule has 0 saturated carbocycles. The Hall–Kier alpha value is -2.57. The number of pyridine rings is 1. The largest absolute Gasteiger partial charge is 0.477 e. The minimum atomic E-state index is -5.11. The number of hydrogen-bond donors (Lipinski definition) is 2. The molecule has 2 aromatic rings. The van der Waals surface area contributed by atoms with E-state index in [1.54, 1.807) is 0 Å². The average molecular weight is 426 g/mol. The number of anilines is 1. The Morgan fingerprint density at radius 3 is 2.38 bits per heavy atom. The van der Waals surface area contributed by atoms with E-state index in [0.717, 1.165) is 0 Å². The smallest absolute Gasteiger partial charge is 0.426 e. The van der Waals surface area contributed by atoms with Crippen molar-refractivity contribution in [2.24, 2.45) is 0 Å². The third kappa shape index (κ3) is 4.09. The summed E-state index contributed by atoms with van der Waals surface area (Å²) in [7, 11) is 0. The van der Waals surface area contributed by atoms with Gasteiger partial charge in [-0.25, -0.2) is 4.98 Å². The molecule has 0 amide bonds. The molecule has 29 heavy (non-hydrogen) atoms. The second-order valence-electron chi connectivity index (χ2n) is 6.56. The maximum Gasteiger partial charge on any atom is 0.426 e. The minimum Gasteiger partial charge on any atom is -0.477 e. The van der Waals surface area contributed by atoms with Crippen molar-refractivity contribution in [3.05, 3.63) is 17.5 Å². The van der Waals surface area contributed by atoms with Crippen molar-refractivity contribution in [2.45, 2.75) is 50.1 Å². The standard InChI is InChI=1S/C16H16F6N4O3/c17-15(18,19)8-7-9(23)10-12-25-26-13(29-12)14(27,16(20,21)22)5-3-1-2-4-6-28-11(8)24-10/h7,27H,1-6,23H2/t14-/m1/s1. The third-order valence-electron chi connectivity index (χ3n) is 4.44. The molecule has 0 aromatic carbocycles. The molecule has 3 rings (SSSR count). The molecular formula is C16H16F6N4O3. The number of nitrogens with zero attached hydrogens (tertiary/aromatic N) is 3. The zero-order valence-corrected chi connectivity index (χ0v) is 14.8. The zero-order chi connectivity index (χ0) is 21.4. The highest BCUT2D eigenvalue weighted by atomic mass is 19.4. The fraction of sp³-hybridized carbons (Fsp3) is 0.562. The van der Waals surface area contributed by atoms with Gasteiger partial charge < -0.3 is 20.0 Å². The number of fused-ring (bicyclic) bond motifs is 5. The van der Waals surface area contributed by atoms with Crippen LogP contribution in [0, 0.1) is 0 Å². The molecule has 0 unspecified atom stereocenters. The van der Waals surface area contributed by atoms with E-state index in [0.29, 0.717) is 12.5 Å². The van der Waals surface area contributed by atoms with E-state index in [9.17, 15) is 31.4 Å². The molecule has 0 saturated heterocycles. The van der Waals surface area contributed by atoms with E-state index < -0.39 is 59.0 Å². The summed E-state index contributed by atoms with van der Waals surface area (Å²) in [6, 6.07) is 0.531. The van der Waals surface area contributed by atoms with E-state index >= 15 is 0 Å². The molecule has 1 aliphatic rings. The number of nitrogens with two attached hydrogens (primary N) is 1. The molecule has 0 spiro atoms. The summed E-state index contributed by atoms with van der Waals surface area (Å²) in [6.45, 7) is -0.141. The summed E-state index contributed by atoms with van der Waals surface area (Å²) in [4.78, 5) is 3.66. The van der Waals surface area contributed by atoms with E-state index in [2.05, 4.69) is 15.2 Å². The van der Waals surface area contributed by atoms with Crippen LogP contribution >= 0.6 is 0 Å². The van der Waals surface area contributed by atoms with Crippen LogP contribution in [-0.2, 0) is 11.8 Å². The van der Waals surface area contributed by atoms with Crippen LogP contribution in [0.5, 0.6) is 5.88 Å². The summed E-state index contributed by atoms with van der Waals surface area (Å²) in [5, 5.41) is 16.9. The quantitative estimate of drug-likeness (QED) is 0.617. The van der Waals surface area contributed by atoms with Gasteiger partial charge in [-0.3, -0.25) is 0 Å². The van der Waals surface area contributed by atoms with Gasteiger partial charge in [-0.15, -0.1) is 10.2 Å². The van der Waals surface area contributed by atoms with Crippen LogP contribution in [-0.4, -0.2) is 33.1 Å². The molecular weight excluding hydrogens is 410 g/mol. The van der Waals surface area contributed by atoms with Gasteiger partial charge in [0.15, 0.2) is 5.69 Å². The number of nitrogen functional groups attached to an aromatic ring is 1. The fourth-order valence-corrected chi connectivity index (χ4v) is 2.86. The summed E-state index contributed by atoms with van der Waals surface area (Å²) in [6.07, 6.45) is -9.77. The number of rotatable bonds is 0. The van der Waals surface area contributed by atoms with E-state index in [1.807, 2.05) is 0 Å². The van der Waals surface area contributed by atoms with Gasteiger partial charge in [0.05, 0.1) is 12.3 Å². The predicted molar refractivity (Wildman–Crippen MR) is 85.5 cm³/mol. The molecule has 2 aromatic heterocycles. The first kappa shape index (κ1) is 21.1. The lowest BCUT2D eigenvalue weighted by atomic mass is 9.95. The van der Waals surface area contributed by atoms with Gasteiger partial charge in [0.1, 0.15) is 5.56 Å². The molecule has 1 aliphatic heterocycles. The predicted octanol–water partition coefficient (Wildman–Crippen LogP) is 3.83. The van der Waals surface area contributed by atoms with Crippen molar-refractivity contribution in [3.63, 3.8) is 0 Å². The first-order valence-electron chi connectivity index (χ1n) is 8.57. The highest BCUT2D eigenvalue weighted by Gasteiger charge is 2.58. The maximum atomic E-state index is 13.5. The normalized spacial score (nSPS) is 21.3. The van der Waals surface area contributed by atoms with Gasteiger partial charge in [-0.05, 0) is 25.3 Å². The zero-order valence-electron chi connectivity index (χ0n) is 14.8. The summed E-state index contributed by atoms with van der Waals surface area (Å²) >= 11 is 0. The number of aromatic nitrogens is 3. The monoisotopic (exact) mass is 426 g/mol. The molecule has 1 atom stereocenters. The molecule has 160 valence electrons. The van der Waals surface area contributed by atoms with Crippen LogP contribution < -0.4 is 10.5 Å². The third-order valence-corrected chi connectivity index (χ3v) is 4.44. The number of hydrogen-bond acceptors (Lipinski definition) is 7. The van der Waals surface area contributed by atoms with Gasteiger partial charge in [0, 0.05) is 0 Å². The van der Waals surface area contributed by atoms with E-state index in [4.69, 9.17) is 14.9 Å². The second kappa shape index (κ2) is 7.35. The van der Waals surface area contributed by atoms with Gasteiger partial charge in [0.25, 0.3) is 11.8 Å². The van der Waals surface area contributed by atoms with Crippen LogP contribution in [0.15, 0.2) is 10.5 Å². The SMILES string of the molecule is Nc1cc(C(F)(F)F)c2nc1-c1nnc(o1)[C@@](O)(C(F)(F)F)CCCCCCO2. The van der Waals surface area contributed by atoms with Crippen LogP contribution in [0.1, 0.15) is 43.6 Å². The topological polar surface area (TPSA) is 107 Å².